The van der Waals surface area contributed by atoms with Crippen LogP contribution in [0.1, 0.15) is 45.3 Å². The molecule has 1 saturated heterocycles. The number of aromatic nitrogens is 4. The number of amides is 1. The smallest absolute Gasteiger partial charge is 0.256 e. The van der Waals surface area contributed by atoms with Crippen molar-refractivity contribution in [3.63, 3.8) is 0 Å². The Hall–Kier alpha value is -4.87. The zero-order valence-corrected chi connectivity index (χ0v) is 30.4. The molecular formula is C40H41N6O5P. The first-order valence-corrected chi connectivity index (χ1v) is 18.2. The van der Waals surface area contributed by atoms with Gasteiger partial charge in [-0.15, -0.1) is 0 Å². The van der Waals surface area contributed by atoms with Crippen LogP contribution in [0.25, 0.3) is 11.2 Å². The standard InChI is InChI=1S/C40H41N6O5P/c1-28-20-22-32(23-21-28)40(30-16-10-6-11-17-30,31-18-12-7-13-19-31)50-25-33-39(48,52(49-4)45(2)3)24-34(51-33)46-27-43-35-36(41-26-42-37(35)46)44-38(47)29-14-8-5-9-15-29/h5-23,26-27,33-34,48H,24-25H2,1-4H3,(H,41,42,44,47)/t33-,34-,39+,52?/m1/s1. The van der Waals surface area contributed by atoms with Crippen molar-refractivity contribution in [3.8, 4) is 0 Å². The summed E-state index contributed by atoms with van der Waals surface area (Å²) in [6, 6.07) is 37.4. The van der Waals surface area contributed by atoms with Crippen molar-refractivity contribution in [2.45, 2.75) is 36.6 Å². The molecule has 0 saturated carbocycles. The van der Waals surface area contributed by atoms with E-state index < -0.39 is 31.6 Å². The van der Waals surface area contributed by atoms with Gasteiger partial charge in [0.25, 0.3) is 5.91 Å². The van der Waals surface area contributed by atoms with Gasteiger partial charge in [-0.25, -0.2) is 15.0 Å². The fourth-order valence-corrected chi connectivity index (χ4v) is 8.98. The second-order valence-corrected chi connectivity index (χ2v) is 15.4. The first-order valence-electron chi connectivity index (χ1n) is 17.0. The minimum Gasteiger partial charge on any atom is -0.379 e. The normalized spacial score (nSPS) is 19.6. The number of nitrogens with one attached hydrogen (secondary N) is 1. The van der Waals surface area contributed by atoms with Crippen LogP contribution in [-0.2, 0) is 19.6 Å². The van der Waals surface area contributed by atoms with Gasteiger partial charge >= 0.3 is 0 Å². The van der Waals surface area contributed by atoms with E-state index >= 15 is 0 Å². The van der Waals surface area contributed by atoms with E-state index in [-0.39, 0.29) is 24.8 Å². The summed E-state index contributed by atoms with van der Waals surface area (Å²) in [5.74, 6) is -0.0451. The van der Waals surface area contributed by atoms with Crippen LogP contribution in [0.2, 0.25) is 0 Å². The molecule has 2 aromatic heterocycles. The third kappa shape index (κ3) is 6.63. The van der Waals surface area contributed by atoms with Gasteiger partial charge in [0.2, 0.25) is 0 Å². The number of aryl methyl sites for hydroxylation is 1. The van der Waals surface area contributed by atoms with Gasteiger partial charge in [-0.2, -0.15) is 0 Å². The van der Waals surface area contributed by atoms with Crippen molar-refractivity contribution in [3.05, 3.63) is 156 Å². The van der Waals surface area contributed by atoms with Crippen LogP contribution < -0.4 is 5.32 Å². The molecule has 6 aromatic rings. The lowest BCUT2D eigenvalue weighted by Gasteiger charge is -2.40. The minimum atomic E-state index is -1.58. The van der Waals surface area contributed by atoms with Gasteiger partial charge in [0, 0.05) is 19.1 Å². The lowest BCUT2D eigenvalue weighted by atomic mass is 9.79. The molecule has 12 heteroatoms. The number of anilines is 1. The Morgan fingerprint density at radius 1 is 0.923 bits per heavy atom. The molecule has 1 fully saturated rings. The maximum Gasteiger partial charge on any atom is 0.256 e. The first-order chi connectivity index (χ1) is 25.2. The van der Waals surface area contributed by atoms with E-state index in [1.54, 1.807) is 42.3 Å². The Morgan fingerprint density at radius 2 is 1.52 bits per heavy atom. The highest BCUT2D eigenvalue weighted by atomic mass is 31.2. The summed E-state index contributed by atoms with van der Waals surface area (Å²) in [4.78, 5) is 26.4. The van der Waals surface area contributed by atoms with Crippen LogP contribution in [0.4, 0.5) is 5.82 Å². The van der Waals surface area contributed by atoms with Gasteiger partial charge in [-0.05, 0) is 49.8 Å². The molecule has 1 aliphatic heterocycles. The lowest BCUT2D eigenvalue weighted by molar-refractivity contribution is -0.102. The summed E-state index contributed by atoms with van der Waals surface area (Å²) >= 11 is 0. The molecule has 1 amide bonds. The van der Waals surface area contributed by atoms with Gasteiger partial charge in [0.1, 0.15) is 32.6 Å². The molecule has 1 unspecified atom stereocenters. The highest BCUT2D eigenvalue weighted by Gasteiger charge is 2.56. The Bertz CT molecular complexity index is 2080. The van der Waals surface area contributed by atoms with Gasteiger partial charge in [0.05, 0.1) is 12.9 Å². The first kappa shape index (κ1) is 35.5. The van der Waals surface area contributed by atoms with E-state index in [0.29, 0.717) is 16.7 Å². The number of imidazole rings is 1. The van der Waals surface area contributed by atoms with Crippen LogP contribution in [0.3, 0.4) is 0 Å². The zero-order chi connectivity index (χ0) is 36.3. The predicted octanol–water partition coefficient (Wildman–Crippen LogP) is 6.89. The Balaban J connectivity index is 1.26. The maximum absolute atomic E-state index is 13.0. The molecule has 0 aliphatic carbocycles. The highest BCUT2D eigenvalue weighted by Crippen LogP contribution is 2.60. The third-order valence-electron chi connectivity index (χ3n) is 9.39. The van der Waals surface area contributed by atoms with Crippen molar-refractivity contribution < 1.29 is 23.9 Å². The van der Waals surface area contributed by atoms with Crippen LogP contribution in [0, 0.1) is 6.92 Å². The quantitative estimate of drug-likeness (QED) is 0.103. The second-order valence-electron chi connectivity index (χ2n) is 12.9. The molecule has 0 spiro atoms. The Morgan fingerprint density at radius 3 is 2.12 bits per heavy atom. The highest BCUT2D eigenvalue weighted by molar-refractivity contribution is 7.51. The van der Waals surface area contributed by atoms with Gasteiger partial charge in [-0.3, -0.25) is 14.0 Å². The van der Waals surface area contributed by atoms with Crippen LogP contribution in [0.5, 0.6) is 0 Å². The van der Waals surface area contributed by atoms with Crippen molar-refractivity contribution >= 4 is 31.2 Å². The van der Waals surface area contributed by atoms with E-state index in [4.69, 9.17) is 14.0 Å². The molecule has 11 nitrogen and oxygen atoms in total. The van der Waals surface area contributed by atoms with Crippen molar-refractivity contribution in [1.82, 2.24) is 24.2 Å². The number of nitrogens with zero attached hydrogens (tertiary/aromatic N) is 5. The maximum atomic E-state index is 13.0. The molecule has 7 rings (SSSR count). The number of hydrogen-bond acceptors (Lipinski definition) is 9. The van der Waals surface area contributed by atoms with Gasteiger partial charge in [0.15, 0.2) is 22.3 Å². The minimum absolute atomic E-state index is 0.0146. The summed E-state index contributed by atoms with van der Waals surface area (Å²) in [7, 11) is 3.77. The lowest BCUT2D eigenvalue weighted by Crippen LogP contribution is -2.45. The van der Waals surface area contributed by atoms with Crippen molar-refractivity contribution in [1.29, 1.82) is 0 Å². The summed E-state index contributed by atoms with van der Waals surface area (Å²) in [6.45, 7) is 2.07. The molecule has 1 aliphatic rings. The fraction of sp³-hybridized carbons (Fsp3) is 0.250. The third-order valence-corrected chi connectivity index (χ3v) is 11.6. The summed E-state index contributed by atoms with van der Waals surface area (Å²) < 4.78 is 23.6. The number of carbonyl (C=O) groups excluding carboxylic acids is 1. The summed E-state index contributed by atoms with van der Waals surface area (Å²) in [5.41, 5.74) is 4.24. The van der Waals surface area contributed by atoms with E-state index in [2.05, 4.69) is 75.7 Å². The van der Waals surface area contributed by atoms with Crippen molar-refractivity contribution in [2.75, 3.05) is 33.1 Å². The van der Waals surface area contributed by atoms with Gasteiger partial charge in [-0.1, -0.05) is 109 Å². The fourth-order valence-electron chi connectivity index (χ4n) is 6.95. The molecule has 0 bridgehead atoms. The topological polar surface area (TPSA) is 124 Å². The molecule has 266 valence electrons. The monoisotopic (exact) mass is 716 g/mol. The summed E-state index contributed by atoms with van der Waals surface area (Å²) in [5, 5.41) is 14.1. The average molecular weight is 717 g/mol. The second kappa shape index (κ2) is 15.0. The van der Waals surface area contributed by atoms with Crippen LogP contribution >= 0.6 is 8.30 Å². The summed E-state index contributed by atoms with van der Waals surface area (Å²) in [6.07, 6.45) is 1.61. The van der Waals surface area contributed by atoms with E-state index in [1.807, 2.05) is 61.2 Å². The predicted molar refractivity (Wildman–Crippen MR) is 201 cm³/mol. The Kier molecular flexibility index (Phi) is 10.3. The molecule has 52 heavy (non-hydrogen) atoms. The number of carbonyl (C=O) groups is 1. The van der Waals surface area contributed by atoms with E-state index in [9.17, 15) is 9.90 Å². The SMILES string of the molecule is COP(N(C)C)[C@@]1(O)C[C@H](n2cnc3c(NC(=O)c4ccccc4)ncnc32)O[C@@H]1COC(c1ccccc1)(c1ccccc1)c1ccc(C)cc1. The molecule has 4 atom stereocenters. The van der Waals surface area contributed by atoms with E-state index in [1.165, 1.54) is 6.33 Å². The largest absolute Gasteiger partial charge is 0.379 e. The number of ether oxygens (including phenoxy) is 2. The molecule has 4 aromatic carbocycles. The van der Waals surface area contributed by atoms with Crippen LogP contribution in [0.15, 0.2) is 128 Å². The Labute approximate surface area is 304 Å². The number of benzene rings is 4. The number of rotatable bonds is 12. The molecular weight excluding hydrogens is 675 g/mol. The molecule has 3 heterocycles. The molecule has 2 N–H and O–H groups in total. The van der Waals surface area contributed by atoms with Crippen LogP contribution in [-0.4, -0.2) is 74.5 Å². The molecule has 0 radical (unpaired) electrons. The average Bonchev–Trinajstić information content (AvgIpc) is 3.75. The zero-order valence-electron chi connectivity index (χ0n) is 29.5. The number of hydrogen-bond donors (Lipinski definition) is 2. The number of aliphatic hydroxyl groups is 1. The van der Waals surface area contributed by atoms with Crippen molar-refractivity contribution in [2.24, 2.45) is 0 Å². The number of fused-ring (bicyclic) bond motifs is 1. The van der Waals surface area contributed by atoms with Gasteiger partial charge < -0.3 is 24.4 Å². The van der Waals surface area contributed by atoms with E-state index in [0.717, 1.165) is 22.3 Å².